The number of rotatable bonds is 3. The van der Waals surface area contributed by atoms with E-state index < -0.39 is 5.56 Å². The van der Waals surface area contributed by atoms with Crippen LogP contribution in [0.3, 0.4) is 0 Å². The minimum Gasteiger partial charge on any atom is -0.463 e. The Bertz CT molecular complexity index is 948. The molecule has 25 heavy (non-hydrogen) atoms. The van der Waals surface area contributed by atoms with Crippen LogP contribution in [0, 0.1) is 0 Å². The third-order valence-electron chi connectivity index (χ3n) is 4.82. The number of nitrogens with one attached hydrogen (secondary N) is 1. The van der Waals surface area contributed by atoms with Crippen molar-refractivity contribution in [2.24, 2.45) is 0 Å². The highest BCUT2D eigenvalue weighted by atomic mass is 16.3. The molecule has 3 aromatic rings. The van der Waals surface area contributed by atoms with Gasteiger partial charge in [0.05, 0.1) is 12.0 Å². The van der Waals surface area contributed by atoms with E-state index in [9.17, 15) is 9.59 Å². The second-order valence-electron chi connectivity index (χ2n) is 6.34. The molecule has 0 spiro atoms. The quantitative estimate of drug-likeness (QED) is 0.801. The maximum Gasteiger partial charge on any atom is 0.261 e. The van der Waals surface area contributed by atoms with Gasteiger partial charge in [-0.3, -0.25) is 9.59 Å². The molecular weight excluding hydrogens is 316 g/mol. The first-order valence-corrected chi connectivity index (χ1v) is 8.24. The van der Waals surface area contributed by atoms with E-state index in [1.807, 2.05) is 12.1 Å². The molecule has 1 aromatic carbocycles. The Kier molecular flexibility index (Phi) is 3.76. The molecule has 4 rings (SSSR count). The zero-order valence-electron chi connectivity index (χ0n) is 13.9. The van der Waals surface area contributed by atoms with Crippen LogP contribution in [0.4, 0.5) is 0 Å². The van der Waals surface area contributed by atoms with Crippen molar-refractivity contribution in [1.29, 1.82) is 0 Å². The number of likely N-dealkylation sites (N-methyl/N-ethyl adjacent to an activating group) is 1. The molecule has 2 aromatic heterocycles. The minimum absolute atomic E-state index is 0.0778. The Morgan fingerprint density at radius 1 is 1.08 bits per heavy atom. The van der Waals surface area contributed by atoms with Crippen molar-refractivity contribution >= 4 is 5.91 Å². The van der Waals surface area contributed by atoms with Gasteiger partial charge in [0, 0.05) is 13.1 Å². The third-order valence-corrected chi connectivity index (χ3v) is 4.82. The Hall–Kier alpha value is -3.08. The molecule has 2 heterocycles. The molecule has 0 unspecified atom stereocenters. The predicted molar refractivity (Wildman–Crippen MR) is 94.5 cm³/mol. The zero-order chi connectivity index (χ0) is 17.4. The van der Waals surface area contributed by atoms with Gasteiger partial charge in [0.25, 0.3) is 11.5 Å². The van der Waals surface area contributed by atoms with Gasteiger partial charge < -0.3 is 14.3 Å². The van der Waals surface area contributed by atoms with Crippen LogP contribution in [0.5, 0.6) is 0 Å². The van der Waals surface area contributed by atoms with Crippen molar-refractivity contribution in [2.75, 3.05) is 7.05 Å². The number of nitrogens with zero attached hydrogens (tertiary/aromatic N) is 1. The Morgan fingerprint density at radius 3 is 2.40 bits per heavy atom. The van der Waals surface area contributed by atoms with Gasteiger partial charge in [0.1, 0.15) is 11.3 Å². The van der Waals surface area contributed by atoms with Crippen molar-refractivity contribution in [3.63, 3.8) is 0 Å². The average molecular weight is 334 g/mol. The van der Waals surface area contributed by atoms with Crippen molar-refractivity contribution in [1.82, 2.24) is 9.88 Å². The smallest absolute Gasteiger partial charge is 0.261 e. The maximum atomic E-state index is 12.8. The summed E-state index contributed by atoms with van der Waals surface area (Å²) in [6, 6.07) is 15.1. The van der Waals surface area contributed by atoms with Crippen LogP contribution < -0.4 is 5.56 Å². The number of aromatic nitrogens is 1. The largest absolute Gasteiger partial charge is 0.463 e. The SMILES string of the molecule is CN(C(=O)c1ccc(-c2ccco2)[nH]c1=O)C1Cc2ccccc2C1. The summed E-state index contributed by atoms with van der Waals surface area (Å²) in [4.78, 5) is 29.6. The first-order chi connectivity index (χ1) is 12.1. The number of pyridine rings is 1. The fraction of sp³-hybridized carbons (Fsp3) is 0.200. The first-order valence-electron chi connectivity index (χ1n) is 8.24. The van der Waals surface area contributed by atoms with Crippen LogP contribution in [0.2, 0.25) is 0 Å². The lowest BCUT2D eigenvalue weighted by atomic mass is 10.1. The summed E-state index contributed by atoms with van der Waals surface area (Å²) in [6.07, 6.45) is 3.18. The fourth-order valence-corrected chi connectivity index (χ4v) is 3.38. The number of carbonyl (C=O) groups is 1. The number of amides is 1. The summed E-state index contributed by atoms with van der Waals surface area (Å²) in [7, 11) is 1.76. The average Bonchev–Trinajstić information content (AvgIpc) is 3.29. The van der Waals surface area contributed by atoms with Crippen LogP contribution in [-0.4, -0.2) is 28.9 Å². The lowest BCUT2D eigenvalue weighted by Gasteiger charge is -2.24. The molecule has 126 valence electrons. The number of hydrogen-bond acceptors (Lipinski definition) is 3. The molecule has 5 nitrogen and oxygen atoms in total. The van der Waals surface area contributed by atoms with Crippen LogP contribution in [-0.2, 0) is 12.8 Å². The van der Waals surface area contributed by atoms with Gasteiger partial charge in [-0.2, -0.15) is 0 Å². The van der Waals surface area contributed by atoms with E-state index in [4.69, 9.17) is 4.42 Å². The van der Waals surface area contributed by atoms with Crippen molar-refractivity contribution in [2.45, 2.75) is 18.9 Å². The monoisotopic (exact) mass is 334 g/mol. The highest BCUT2D eigenvalue weighted by Gasteiger charge is 2.28. The molecule has 5 heteroatoms. The van der Waals surface area contributed by atoms with Crippen LogP contribution >= 0.6 is 0 Å². The molecule has 0 radical (unpaired) electrons. The van der Waals surface area contributed by atoms with Gasteiger partial charge in [0.2, 0.25) is 0 Å². The minimum atomic E-state index is -0.402. The number of aromatic amines is 1. The molecule has 1 aliphatic rings. The molecule has 0 fully saturated rings. The fourth-order valence-electron chi connectivity index (χ4n) is 3.38. The van der Waals surface area contributed by atoms with Crippen LogP contribution in [0.1, 0.15) is 21.5 Å². The van der Waals surface area contributed by atoms with Crippen molar-refractivity contribution in [3.8, 4) is 11.5 Å². The Balaban J connectivity index is 1.56. The van der Waals surface area contributed by atoms with E-state index in [0.29, 0.717) is 11.5 Å². The molecule has 0 atom stereocenters. The lowest BCUT2D eigenvalue weighted by molar-refractivity contribution is 0.0736. The van der Waals surface area contributed by atoms with Gasteiger partial charge >= 0.3 is 0 Å². The van der Waals surface area contributed by atoms with Gasteiger partial charge in [-0.05, 0) is 48.2 Å². The molecule has 0 aliphatic heterocycles. The summed E-state index contributed by atoms with van der Waals surface area (Å²) < 4.78 is 5.27. The molecule has 1 N–H and O–H groups in total. The van der Waals surface area contributed by atoms with Gasteiger partial charge in [0.15, 0.2) is 0 Å². The number of carbonyl (C=O) groups excluding carboxylic acids is 1. The predicted octanol–water partition coefficient (Wildman–Crippen LogP) is 2.87. The molecule has 0 bridgehead atoms. The summed E-state index contributed by atoms with van der Waals surface area (Å²) in [5, 5.41) is 0. The molecule has 0 saturated heterocycles. The highest BCUT2D eigenvalue weighted by Crippen LogP contribution is 2.25. The second kappa shape index (κ2) is 6.09. The normalized spacial score (nSPS) is 13.6. The lowest BCUT2D eigenvalue weighted by Crippen LogP contribution is -2.40. The number of furan rings is 1. The van der Waals surface area contributed by atoms with Crippen LogP contribution in [0.15, 0.2) is 64.0 Å². The summed E-state index contributed by atoms with van der Waals surface area (Å²) >= 11 is 0. The van der Waals surface area contributed by atoms with Gasteiger partial charge in [-0.15, -0.1) is 0 Å². The standard InChI is InChI=1S/C20H18N2O3/c1-22(15-11-13-5-2-3-6-14(13)12-15)20(24)16-8-9-17(21-19(16)23)18-7-4-10-25-18/h2-10,15H,11-12H2,1H3,(H,21,23). The number of hydrogen-bond donors (Lipinski definition) is 1. The van der Waals surface area contributed by atoms with Crippen molar-refractivity contribution < 1.29 is 9.21 Å². The van der Waals surface area contributed by atoms with E-state index in [-0.39, 0.29) is 17.5 Å². The number of benzene rings is 1. The molecular formula is C20H18N2O3. The van der Waals surface area contributed by atoms with E-state index in [1.54, 1.807) is 36.2 Å². The van der Waals surface area contributed by atoms with E-state index in [1.165, 1.54) is 17.4 Å². The van der Waals surface area contributed by atoms with E-state index in [2.05, 4.69) is 17.1 Å². The van der Waals surface area contributed by atoms with Gasteiger partial charge in [-0.25, -0.2) is 0 Å². The van der Waals surface area contributed by atoms with Gasteiger partial charge in [-0.1, -0.05) is 24.3 Å². The molecule has 0 saturated carbocycles. The summed E-state index contributed by atoms with van der Waals surface area (Å²) in [6.45, 7) is 0. The number of H-pyrrole nitrogens is 1. The van der Waals surface area contributed by atoms with E-state index in [0.717, 1.165) is 12.8 Å². The first kappa shape index (κ1) is 15.4. The highest BCUT2D eigenvalue weighted by molar-refractivity contribution is 5.94. The van der Waals surface area contributed by atoms with Crippen LogP contribution in [0.25, 0.3) is 11.5 Å². The summed E-state index contributed by atoms with van der Waals surface area (Å²) in [5.41, 5.74) is 2.85. The molecule has 1 aliphatic carbocycles. The van der Waals surface area contributed by atoms with E-state index >= 15 is 0 Å². The Labute approximate surface area is 144 Å². The Morgan fingerprint density at radius 2 is 1.80 bits per heavy atom. The molecule has 1 amide bonds. The maximum absolute atomic E-state index is 12.8. The second-order valence-corrected chi connectivity index (χ2v) is 6.34. The van der Waals surface area contributed by atoms with Crippen molar-refractivity contribution in [3.05, 3.63) is 81.8 Å². The topological polar surface area (TPSA) is 66.3 Å². The third kappa shape index (κ3) is 2.78. The zero-order valence-corrected chi connectivity index (χ0v) is 13.9. The summed E-state index contributed by atoms with van der Waals surface area (Å²) in [5.74, 6) is 0.306. The number of fused-ring (bicyclic) bond motifs is 1.